The van der Waals surface area contributed by atoms with Gasteiger partial charge in [-0.15, -0.1) is 11.3 Å². The standard InChI is InChI=1S/C13H16N4S2/c1-7-4-10(9(3)19-7)8(2)17-12-6-15-11(5-16-12)13(14)18/h4-6,8H,1-3H3,(H2,14,18)(H,16,17). The molecular weight excluding hydrogens is 276 g/mol. The monoisotopic (exact) mass is 292 g/mol. The average molecular weight is 292 g/mol. The zero-order valence-corrected chi connectivity index (χ0v) is 12.7. The van der Waals surface area contributed by atoms with Crippen LogP contribution in [0.5, 0.6) is 0 Å². The molecule has 2 heterocycles. The second-order valence-electron chi connectivity index (χ2n) is 4.39. The molecule has 0 radical (unpaired) electrons. The number of aromatic nitrogens is 2. The topological polar surface area (TPSA) is 63.8 Å². The second-order valence-corrected chi connectivity index (χ2v) is 6.29. The van der Waals surface area contributed by atoms with Crippen LogP contribution in [0.25, 0.3) is 0 Å². The van der Waals surface area contributed by atoms with E-state index in [1.54, 1.807) is 23.7 Å². The Morgan fingerprint density at radius 1 is 1.37 bits per heavy atom. The van der Waals surface area contributed by atoms with Gasteiger partial charge in [-0.2, -0.15) is 0 Å². The predicted octanol–water partition coefficient (Wildman–Crippen LogP) is 2.96. The van der Waals surface area contributed by atoms with Crippen LogP contribution in [0, 0.1) is 13.8 Å². The van der Waals surface area contributed by atoms with Gasteiger partial charge in [0.25, 0.3) is 0 Å². The number of anilines is 1. The quantitative estimate of drug-likeness (QED) is 0.848. The highest BCUT2D eigenvalue weighted by atomic mass is 32.1. The Hall–Kier alpha value is -1.53. The SMILES string of the molecule is Cc1cc(C(C)Nc2cnc(C(N)=S)cn2)c(C)s1. The van der Waals surface area contributed by atoms with Crippen LogP contribution < -0.4 is 11.1 Å². The van der Waals surface area contributed by atoms with Gasteiger partial charge in [0, 0.05) is 9.75 Å². The number of nitrogens with one attached hydrogen (secondary N) is 1. The Morgan fingerprint density at radius 2 is 2.11 bits per heavy atom. The van der Waals surface area contributed by atoms with Crippen molar-refractivity contribution in [3.63, 3.8) is 0 Å². The van der Waals surface area contributed by atoms with Crippen molar-refractivity contribution < 1.29 is 0 Å². The molecule has 2 aromatic rings. The molecule has 0 saturated carbocycles. The van der Waals surface area contributed by atoms with E-state index in [0.29, 0.717) is 5.69 Å². The van der Waals surface area contributed by atoms with Crippen molar-refractivity contribution in [3.8, 4) is 0 Å². The summed E-state index contributed by atoms with van der Waals surface area (Å²) in [7, 11) is 0. The summed E-state index contributed by atoms with van der Waals surface area (Å²) in [5.74, 6) is 0.718. The molecular formula is C13H16N4S2. The van der Waals surface area contributed by atoms with E-state index >= 15 is 0 Å². The lowest BCUT2D eigenvalue weighted by atomic mass is 10.1. The van der Waals surface area contributed by atoms with E-state index in [4.69, 9.17) is 18.0 Å². The van der Waals surface area contributed by atoms with Gasteiger partial charge in [-0.25, -0.2) is 9.97 Å². The first-order chi connectivity index (χ1) is 8.97. The van der Waals surface area contributed by atoms with Gasteiger partial charge in [-0.3, -0.25) is 0 Å². The summed E-state index contributed by atoms with van der Waals surface area (Å²) < 4.78 is 0. The van der Waals surface area contributed by atoms with Crippen LogP contribution in [-0.2, 0) is 0 Å². The first kappa shape index (κ1) is 13.9. The molecule has 0 fully saturated rings. The van der Waals surface area contributed by atoms with E-state index in [1.165, 1.54) is 15.3 Å². The highest BCUT2D eigenvalue weighted by Crippen LogP contribution is 2.27. The van der Waals surface area contributed by atoms with Crippen molar-refractivity contribution >= 4 is 34.4 Å². The molecule has 0 bridgehead atoms. The van der Waals surface area contributed by atoms with E-state index < -0.39 is 0 Å². The molecule has 2 aromatic heterocycles. The second kappa shape index (κ2) is 5.63. The summed E-state index contributed by atoms with van der Waals surface area (Å²) in [4.78, 5) is 11.3. The minimum atomic E-state index is 0.190. The zero-order chi connectivity index (χ0) is 14.0. The Balaban J connectivity index is 2.12. The highest BCUT2D eigenvalue weighted by Gasteiger charge is 2.11. The molecule has 6 heteroatoms. The van der Waals surface area contributed by atoms with Crippen LogP contribution in [0.4, 0.5) is 5.82 Å². The van der Waals surface area contributed by atoms with Crippen molar-refractivity contribution in [3.05, 3.63) is 39.5 Å². The first-order valence-corrected chi connectivity index (χ1v) is 7.15. The number of aryl methyl sites for hydroxylation is 2. The van der Waals surface area contributed by atoms with Crippen LogP contribution >= 0.6 is 23.6 Å². The molecule has 0 amide bonds. The molecule has 1 unspecified atom stereocenters. The number of hydrogen-bond acceptors (Lipinski definition) is 5. The molecule has 0 aliphatic rings. The third-order valence-corrected chi connectivity index (χ3v) is 4.01. The third-order valence-electron chi connectivity index (χ3n) is 2.81. The van der Waals surface area contributed by atoms with Gasteiger partial charge in [-0.05, 0) is 32.4 Å². The Morgan fingerprint density at radius 3 is 2.58 bits per heavy atom. The van der Waals surface area contributed by atoms with Gasteiger partial charge >= 0.3 is 0 Å². The maximum Gasteiger partial charge on any atom is 0.144 e. The van der Waals surface area contributed by atoms with Gasteiger partial charge in [0.15, 0.2) is 0 Å². The maximum absolute atomic E-state index is 5.49. The lowest BCUT2D eigenvalue weighted by molar-refractivity contribution is 0.868. The van der Waals surface area contributed by atoms with Crippen molar-refractivity contribution in [1.29, 1.82) is 0 Å². The first-order valence-electron chi connectivity index (χ1n) is 5.92. The molecule has 0 aromatic carbocycles. The number of thiocarbonyl (C=S) groups is 1. The Bertz CT molecular complexity index is 589. The Labute approximate surface area is 122 Å². The smallest absolute Gasteiger partial charge is 0.144 e. The summed E-state index contributed by atoms with van der Waals surface area (Å²) in [6, 6.07) is 2.39. The van der Waals surface area contributed by atoms with Crippen LogP contribution in [0.2, 0.25) is 0 Å². The fraction of sp³-hybridized carbons (Fsp3) is 0.308. The fourth-order valence-electron chi connectivity index (χ4n) is 1.91. The van der Waals surface area contributed by atoms with Crippen molar-refractivity contribution in [2.45, 2.75) is 26.8 Å². The average Bonchev–Trinajstić information content (AvgIpc) is 2.69. The minimum Gasteiger partial charge on any atom is -0.388 e. The molecule has 0 aliphatic carbocycles. The summed E-state index contributed by atoms with van der Waals surface area (Å²) in [5, 5.41) is 3.33. The molecule has 1 atom stereocenters. The van der Waals surface area contributed by atoms with Gasteiger partial charge in [0.05, 0.1) is 18.4 Å². The number of nitrogens with two attached hydrogens (primary N) is 1. The number of nitrogens with zero attached hydrogens (tertiary/aromatic N) is 2. The molecule has 100 valence electrons. The third kappa shape index (κ3) is 3.27. The number of rotatable bonds is 4. The van der Waals surface area contributed by atoms with Gasteiger partial charge < -0.3 is 11.1 Å². The van der Waals surface area contributed by atoms with E-state index in [1.807, 2.05) is 0 Å². The van der Waals surface area contributed by atoms with Crippen LogP contribution in [0.1, 0.15) is 34.0 Å². The minimum absolute atomic E-state index is 0.190. The van der Waals surface area contributed by atoms with E-state index in [2.05, 4.69) is 42.1 Å². The van der Waals surface area contributed by atoms with Crippen molar-refractivity contribution in [2.75, 3.05) is 5.32 Å². The fourth-order valence-corrected chi connectivity index (χ4v) is 3.04. The summed E-state index contributed by atoms with van der Waals surface area (Å²) in [6.45, 7) is 6.36. The predicted molar refractivity (Wildman–Crippen MR) is 83.8 cm³/mol. The number of thiophene rings is 1. The molecule has 19 heavy (non-hydrogen) atoms. The lowest BCUT2D eigenvalue weighted by Crippen LogP contribution is -2.13. The zero-order valence-electron chi connectivity index (χ0n) is 11.1. The Kier molecular flexibility index (Phi) is 4.11. The largest absolute Gasteiger partial charge is 0.388 e. The maximum atomic E-state index is 5.49. The van der Waals surface area contributed by atoms with Crippen LogP contribution in [0.3, 0.4) is 0 Å². The summed E-state index contributed by atoms with van der Waals surface area (Å²) >= 11 is 6.65. The highest BCUT2D eigenvalue weighted by molar-refractivity contribution is 7.80. The van der Waals surface area contributed by atoms with Crippen LogP contribution in [0.15, 0.2) is 18.5 Å². The van der Waals surface area contributed by atoms with E-state index in [9.17, 15) is 0 Å². The summed E-state index contributed by atoms with van der Waals surface area (Å²) in [6.07, 6.45) is 3.24. The van der Waals surface area contributed by atoms with Crippen molar-refractivity contribution in [2.24, 2.45) is 5.73 Å². The summed E-state index contributed by atoms with van der Waals surface area (Å²) in [5.41, 5.74) is 7.32. The molecule has 3 N–H and O–H groups in total. The van der Waals surface area contributed by atoms with Gasteiger partial charge in [0.2, 0.25) is 0 Å². The molecule has 2 rings (SSSR count). The lowest BCUT2D eigenvalue weighted by Gasteiger charge is -2.14. The van der Waals surface area contributed by atoms with Gasteiger partial charge in [0.1, 0.15) is 16.5 Å². The molecule has 0 aliphatic heterocycles. The van der Waals surface area contributed by atoms with Crippen LogP contribution in [-0.4, -0.2) is 15.0 Å². The molecule has 4 nitrogen and oxygen atoms in total. The molecule has 0 spiro atoms. The van der Waals surface area contributed by atoms with E-state index in [0.717, 1.165) is 5.82 Å². The van der Waals surface area contributed by atoms with Crippen molar-refractivity contribution in [1.82, 2.24) is 9.97 Å². The van der Waals surface area contributed by atoms with E-state index in [-0.39, 0.29) is 11.0 Å². The normalized spacial score (nSPS) is 12.2. The van der Waals surface area contributed by atoms with Gasteiger partial charge in [-0.1, -0.05) is 12.2 Å². The number of hydrogen-bond donors (Lipinski definition) is 2. The molecule has 0 saturated heterocycles.